The van der Waals surface area contributed by atoms with Crippen LogP contribution in [-0.2, 0) is 6.42 Å². The van der Waals surface area contributed by atoms with Gasteiger partial charge in [0.05, 0.1) is 11.2 Å². The minimum atomic E-state index is 0.827. The molecular weight excluding hydrogens is 348 g/mol. The molecule has 0 aliphatic rings. The number of hydrogen-bond donors (Lipinski definition) is 2. The molecule has 3 heterocycles. The Morgan fingerprint density at radius 3 is 2.71 bits per heavy atom. The van der Waals surface area contributed by atoms with Gasteiger partial charge in [-0.15, -0.1) is 0 Å². The Labute approximate surface area is 162 Å². The highest BCUT2D eigenvalue weighted by molar-refractivity contribution is 5.91. The molecule has 5 rings (SSSR count). The maximum absolute atomic E-state index is 4.85. The van der Waals surface area contributed by atoms with Crippen LogP contribution >= 0.6 is 0 Å². The molecule has 0 amide bonds. The lowest BCUT2D eigenvalue weighted by Crippen LogP contribution is -2.07. The van der Waals surface area contributed by atoms with E-state index in [9.17, 15) is 0 Å². The summed E-state index contributed by atoms with van der Waals surface area (Å²) in [6.07, 6.45) is 5.53. The van der Waals surface area contributed by atoms with Gasteiger partial charge < -0.3 is 10.3 Å². The highest BCUT2D eigenvalue weighted by Crippen LogP contribution is 2.26. The third kappa shape index (κ3) is 3.09. The van der Waals surface area contributed by atoms with Crippen molar-refractivity contribution in [3.8, 4) is 11.3 Å². The number of anilines is 1. The third-order valence-corrected chi connectivity index (χ3v) is 4.81. The lowest BCUT2D eigenvalue weighted by atomic mass is 10.2. The smallest absolute Gasteiger partial charge is 0.158 e. The number of aromatic amines is 1. The number of rotatable bonds is 6. The highest BCUT2D eigenvalue weighted by Gasteiger charge is 2.12. The van der Waals surface area contributed by atoms with E-state index in [1.807, 2.05) is 47.1 Å². The number of H-pyrrole nitrogens is 1. The molecule has 0 bridgehead atoms. The van der Waals surface area contributed by atoms with Gasteiger partial charge in [0.25, 0.3) is 0 Å². The predicted octanol–water partition coefficient (Wildman–Crippen LogP) is 4.32. The van der Waals surface area contributed by atoms with Crippen molar-refractivity contribution in [2.45, 2.75) is 12.8 Å². The van der Waals surface area contributed by atoms with Gasteiger partial charge >= 0.3 is 0 Å². The minimum absolute atomic E-state index is 0.827. The topological polar surface area (TPSA) is 70.9 Å². The summed E-state index contributed by atoms with van der Waals surface area (Å²) in [5.41, 5.74) is 3.90. The lowest BCUT2D eigenvalue weighted by Gasteiger charge is -2.10. The maximum atomic E-state index is 4.85. The molecule has 5 aromatic rings. The van der Waals surface area contributed by atoms with Crippen molar-refractivity contribution in [3.05, 3.63) is 78.9 Å². The minimum Gasteiger partial charge on any atom is -0.369 e. The standard InChI is InChI=1S/C22H20N6/c1-2-7-16(8-3-1)18-15-21-26-22(25-12-6-11-20-23-13-14-24-20)17-9-4-5-10-19(17)28(21)27-18/h1-5,7-10,13-15H,6,11-12H2,(H,23,24)(H,25,26). The number of para-hydroxylation sites is 1. The van der Waals surface area contributed by atoms with Gasteiger partial charge in [0.15, 0.2) is 5.65 Å². The number of aromatic nitrogens is 5. The summed E-state index contributed by atoms with van der Waals surface area (Å²) in [5.74, 6) is 1.90. The SMILES string of the molecule is c1ccc(-c2cc3nc(NCCCc4ncc[nH]4)c4ccccc4n3n2)cc1. The number of benzene rings is 2. The zero-order chi connectivity index (χ0) is 18.8. The molecule has 0 aliphatic heterocycles. The Balaban J connectivity index is 1.47. The maximum Gasteiger partial charge on any atom is 0.158 e. The zero-order valence-electron chi connectivity index (χ0n) is 15.3. The summed E-state index contributed by atoms with van der Waals surface area (Å²) in [6.45, 7) is 0.827. The fraction of sp³-hybridized carbons (Fsp3) is 0.136. The average molecular weight is 368 g/mol. The van der Waals surface area contributed by atoms with Gasteiger partial charge in [-0.3, -0.25) is 0 Å². The Kier molecular flexibility index (Phi) is 4.21. The Bertz CT molecular complexity index is 1210. The Morgan fingerprint density at radius 2 is 1.86 bits per heavy atom. The van der Waals surface area contributed by atoms with Gasteiger partial charge in [-0.1, -0.05) is 42.5 Å². The van der Waals surface area contributed by atoms with Crippen molar-refractivity contribution < 1.29 is 0 Å². The first-order valence-corrected chi connectivity index (χ1v) is 9.44. The van der Waals surface area contributed by atoms with Crippen molar-refractivity contribution in [2.75, 3.05) is 11.9 Å². The molecule has 0 saturated carbocycles. The second-order valence-electron chi connectivity index (χ2n) is 6.71. The van der Waals surface area contributed by atoms with Crippen molar-refractivity contribution in [1.82, 2.24) is 24.6 Å². The van der Waals surface area contributed by atoms with E-state index in [0.29, 0.717) is 0 Å². The molecule has 0 unspecified atom stereocenters. The van der Waals surface area contributed by atoms with Crippen LogP contribution in [0.15, 0.2) is 73.1 Å². The molecule has 0 atom stereocenters. The zero-order valence-corrected chi connectivity index (χ0v) is 15.3. The molecule has 2 aromatic carbocycles. The average Bonchev–Trinajstić information content (AvgIpc) is 3.42. The van der Waals surface area contributed by atoms with Gasteiger partial charge in [-0.25, -0.2) is 14.5 Å². The quantitative estimate of drug-likeness (QED) is 0.438. The second-order valence-corrected chi connectivity index (χ2v) is 6.71. The van der Waals surface area contributed by atoms with Crippen molar-refractivity contribution in [3.63, 3.8) is 0 Å². The first-order valence-electron chi connectivity index (χ1n) is 9.44. The van der Waals surface area contributed by atoms with Crippen LogP contribution in [0.5, 0.6) is 0 Å². The molecule has 0 spiro atoms. The molecular formula is C22H20N6. The van der Waals surface area contributed by atoms with Crippen LogP contribution in [0, 0.1) is 0 Å². The summed E-state index contributed by atoms with van der Waals surface area (Å²) in [7, 11) is 0. The van der Waals surface area contributed by atoms with Crippen LogP contribution < -0.4 is 5.32 Å². The fourth-order valence-corrected chi connectivity index (χ4v) is 3.44. The number of nitrogens with zero attached hydrogens (tertiary/aromatic N) is 4. The molecule has 2 N–H and O–H groups in total. The highest BCUT2D eigenvalue weighted by atomic mass is 15.3. The number of fused-ring (bicyclic) bond motifs is 3. The largest absolute Gasteiger partial charge is 0.369 e. The van der Waals surface area contributed by atoms with Crippen LogP contribution in [0.2, 0.25) is 0 Å². The first kappa shape index (κ1) is 16.5. The second kappa shape index (κ2) is 7.15. The van der Waals surface area contributed by atoms with Gasteiger partial charge in [-0.05, 0) is 18.6 Å². The van der Waals surface area contributed by atoms with Crippen LogP contribution in [0.3, 0.4) is 0 Å². The van der Waals surface area contributed by atoms with Crippen LogP contribution in [0.1, 0.15) is 12.2 Å². The summed E-state index contributed by atoms with van der Waals surface area (Å²) in [5, 5.41) is 9.36. The fourth-order valence-electron chi connectivity index (χ4n) is 3.44. The third-order valence-electron chi connectivity index (χ3n) is 4.81. The lowest BCUT2D eigenvalue weighted by molar-refractivity contribution is 0.814. The van der Waals surface area contributed by atoms with E-state index in [-0.39, 0.29) is 0 Å². The van der Waals surface area contributed by atoms with Crippen molar-refractivity contribution in [2.24, 2.45) is 0 Å². The van der Waals surface area contributed by atoms with E-state index in [1.165, 1.54) is 0 Å². The van der Waals surface area contributed by atoms with Crippen LogP contribution in [-0.4, -0.2) is 31.1 Å². The molecule has 0 saturated heterocycles. The van der Waals surface area contributed by atoms with E-state index < -0.39 is 0 Å². The van der Waals surface area contributed by atoms with E-state index in [4.69, 9.17) is 10.1 Å². The molecule has 6 nitrogen and oxygen atoms in total. The Hall–Kier alpha value is -3.67. The molecule has 3 aromatic heterocycles. The molecule has 0 aliphatic carbocycles. The summed E-state index contributed by atoms with van der Waals surface area (Å²) >= 11 is 0. The van der Waals surface area contributed by atoms with Crippen LogP contribution in [0.4, 0.5) is 5.82 Å². The van der Waals surface area contributed by atoms with Crippen molar-refractivity contribution in [1.29, 1.82) is 0 Å². The van der Waals surface area contributed by atoms with Crippen molar-refractivity contribution >= 4 is 22.4 Å². The number of imidazole rings is 1. The van der Waals surface area contributed by atoms with Crippen LogP contribution in [0.25, 0.3) is 27.8 Å². The van der Waals surface area contributed by atoms with E-state index >= 15 is 0 Å². The normalized spacial score (nSPS) is 11.3. The van der Waals surface area contributed by atoms with Gasteiger partial charge in [0, 0.05) is 42.4 Å². The van der Waals surface area contributed by atoms with E-state index in [0.717, 1.165) is 58.8 Å². The van der Waals surface area contributed by atoms with E-state index in [1.54, 1.807) is 6.20 Å². The van der Waals surface area contributed by atoms with E-state index in [2.05, 4.69) is 39.6 Å². The van der Waals surface area contributed by atoms with Gasteiger partial charge in [0.1, 0.15) is 11.6 Å². The molecule has 6 heteroatoms. The van der Waals surface area contributed by atoms with Gasteiger partial charge in [0.2, 0.25) is 0 Å². The Morgan fingerprint density at radius 1 is 1.00 bits per heavy atom. The monoisotopic (exact) mass is 368 g/mol. The van der Waals surface area contributed by atoms with Gasteiger partial charge in [-0.2, -0.15) is 5.10 Å². The summed E-state index contributed by atoms with van der Waals surface area (Å²) < 4.78 is 1.92. The predicted molar refractivity (Wildman–Crippen MR) is 111 cm³/mol. The molecule has 28 heavy (non-hydrogen) atoms. The molecule has 0 radical (unpaired) electrons. The summed E-state index contributed by atoms with van der Waals surface area (Å²) in [4.78, 5) is 12.3. The number of nitrogens with one attached hydrogen (secondary N) is 2. The number of aryl methyl sites for hydroxylation is 1. The molecule has 0 fully saturated rings. The molecule has 138 valence electrons. The number of hydrogen-bond acceptors (Lipinski definition) is 4. The summed E-state index contributed by atoms with van der Waals surface area (Å²) in [6, 6.07) is 20.5. The first-order chi connectivity index (χ1) is 13.9.